The normalized spacial score (nSPS) is 9.18. The van der Waals surface area contributed by atoms with Crippen LogP contribution in [-0.4, -0.2) is 4.98 Å². The summed E-state index contributed by atoms with van der Waals surface area (Å²) in [5.41, 5.74) is 0.285. The Kier molecular flexibility index (Phi) is 2.40. The van der Waals surface area contributed by atoms with E-state index in [9.17, 15) is 4.39 Å². The zero-order valence-electron chi connectivity index (χ0n) is 5.51. The van der Waals surface area contributed by atoms with Crippen LogP contribution in [0.15, 0.2) is 12.3 Å². The van der Waals surface area contributed by atoms with Crippen LogP contribution in [-0.2, 0) is 6.42 Å². The summed E-state index contributed by atoms with van der Waals surface area (Å²) in [5, 5.41) is 8.07. The molecule has 1 heterocycles. The van der Waals surface area contributed by atoms with Crippen LogP contribution in [0.2, 0.25) is 5.15 Å². The highest BCUT2D eigenvalue weighted by molar-refractivity contribution is 6.29. The number of hydrogen-bond acceptors (Lipinski definition) is 2. The number of pyridine rings is 1. The van der Waals surface area contributed by atoms with E-state index in [0.717, 1.165) is 0 Å². The quantitative estimate of drug-likeness (QED) is 0.604. The van der Waals surface area contributed by atoms with E-state index in [1.165, 1.54) is 12.3 Å². The molecule has 0 aromatic carbocycles. The van der Waals surface area contributed by atoms with Gasteiger partial charge in [-0.25, -0.2) is 9.37 Å². The van der Waals surface area contributed by atoms with Crippen molar-refractivity contribution in [1.82, 2.24) is 4.98 Å². The van der Waals surface area contributed by atoms with Gasteiger partial charge in [0, 0.05) is 11.8 Å². The van der Waals surface area contributed by atoms with Crippen LogP contribution in [0.25, 0.3) is 0 Å². The molecule has 4 heteroatoms. The molecule has 0 aliphatic rings. The smallest absolute Gasteiger partial charge is 0.165 e. The topological polar surface area (TPSA) is 36.7 Å². The fraction of sp³-hybridized carbons (Fsp3) is 0.143. The van der Waals surface area contributed by atoms with Crippen molar-refractivity contribution in [3.05, 3.63) is 28.8 Å². The number of nitrogens with zero attached hydrogens (tertiary/aromatic N) is 2. The number of halogens is 2. The molecule has 56 valence electrons. The van der Waals surface area contributed by atoms with Crippen LogP contribution in [0.1, 0.15) is 5.56 Å². The van der Waals surface area contributed by atoms with E-state index < -0.39 is 5.82 Å². The molecule has 11 heavy (non-hydrogen) atoms. The molecule has 0 radical (unpaired) electrons. The summed E-state index contributed by atoms with van der Waals surface area (Å²) in [6, 6.07) is 3.26. The van der Waals surface area contributed by atoms with Crippen molar-refractivity contribution in [2.75, 3.05) is 0 Å². The van der Waals surface area contributed by atoms with Gasteiger partial charge in [-0.05, 0) is 6.07 Å². The average molecular weight is 171 g/mol. The molecular formula is C7H4ClFN2. The molecular weight excluding hydrogens is 167 g/mol. The van der Waals surface area contributed by atoms with Gasteiger partial charge in [-0.2, -0.15) is 5.26 Å². The number of hydrogen-bond donors (Lipinski definition) is 0. The molecule has 0 aliphatic heterocycles. The molecule has 0 spiro atoms. The maximum Gasteiger partial charge on any atom is 0.165 e. The minimum Gasteiger partial charge on any atom is -0.242 e. The molecule has 0 amide bonds. The lowest BCUT2D eigenvalue weighted by atomic mass is 10.2. The number of aromatic nitrogens is 1. The lowest BCUT2D eigenvalue weighted by Gasteiger charge is -1.96. The molecule has 0 aliphatic carbocycles. The average Bonchev–Trinajstić information content (AvgIpc) is 1.99. The molecule has 0 unspecified atom stereocenters. The highest BCUT2D eigenvalue weighted by Gasteiger charge is 2.05. The Hall–Kier alpha value is -1.14. The van der Waals surface area contributed by atoms with Gasteiger partial charge in [-0.3, -0.25) is 0 Å². The van der Waals surface area contributed by atoms with Gasteiger partial charge in [-0.15, -0.1) is 0 Å². The third-order valence-electron chi connectivity index (χ3n) is 1.20. The van der Waals surface area contributed by atoms with Crippen molar-refractivity contribution < 1.29 is 4.39 Å². The summed E-state index contributed by atoms with van der Waals surface area (Å²) in [6.07, 6.45) is 1.39. The van der Waals surface area contributed by atoms with Gasteiger partial charge in [0.1, 0.15) is 0 Å². The molecule has 1 aromatic heterocycles. The molecule has 0 atom stereocenters. The summed E-state index contributed by atoms with van der Waals surface area (Å²) < 4.78 is 12.8. The second-order valence-electron chi connectivity index (χ2n) is 1.91. The molecule has 1 rings (SSSR count). The zero-order chi connectivity index (χ0) is 8.27. The van der Waals surface area contributed by atoms with Crippen LogP contribution in [0.3, 0.4) is 0 Å². The first-order valence-corrected chi connectivity index (χ1v) is 3.29. The maximum absolute atomic E-state index is 12.8. The van der Waals surface area contributed by atoms with Gasteiger partial charge < -0.3 is 0 Å². The summed E-state index contributed by atoms with van der Waals surface area (Å²) in [5.74, 6) is -0.601. The second-order valence-corrected chi connectivity index (χ2v) is 2.27. The first-order valence-electron chi connectivity index (χ1n) is 2.91. The Morgan fingerprint density at radius 2 is 2.45 bits per heavy atom. The predicted octanol–water partition coefficient (Wildman–Crippen LogP) is 1.94. The Bertz CT molecular complexity index is 306. The Morgan fingerprint density at radius 3 is 3.09 bits per heavy atom. The van der Waals surface area contributed by atoms with Crippen molar-refractivity contribution in [2.45, 2.75) is 6.42 Å². The van der Waals surface area contributed by atoms with E-state index in [1.807, 2.05) is 6.07 Å². The van der Waals surface area contributed by atoms with Gasteiger partial charge in [0.05, 0.1) is 12.5 Å². The van der Waals surface area contributed by atoms with E-state index >= 15 is 0 Å². The summed E-state index contributed by atoms with van der Waals surface area (Å²) in [6.45, 7) is 0. The Balaban J connectivity index is 3.08. The lowest BCUT2D eigenvalue weighted by molar-refractivity contribution is 0.609. The number of nitriles is 1. The van der Waals surface area contributed by atoms with Gasteiger partial charge in [0.25, 0.3) is 0 Å². The van der Waals surface area contributed by atoms with Gasteiger partial charge in [-0.1, -0.05) is 11.6 Å². The molecule has 2 nitrogen and oxygen atoms in total. The largest absolute Gasteiger partial charge is 0.242 e. The highest BCUT2D eigenvalue weighted by Crippen LogP contribution is 2.14. The fourth-order valence-corrected chi connectivity index (χ4v) is 0.854. The minimum atomic E-state index is -0.601. The standard InChI is InChI=1S/C7H4ClFN2/c8-7-6(9)5(1-3-10)2-4-11-7/h2,4H,1H2. The molecule has 0 saturated carbocycles. The van der Waals surface area contributed by atoms with Gasteiger partial charge in [0.2, 0.25) is 0 Å². The summed E-state index contributed by atoms with van der Waals surface area (Å²) in [4.78, 5) is 3.50. The maximum atomic E-state index is 12.8. The van der Waals surface area contributed by atoms with E-state index in [2.05, 4.69) is 4.98 Å². The predicted molar refractivity (Wildman–Crippen MR) is 38.5 cm³/mol. The molecule has 0 bridgehead atoms. The molecule has 0 fully saturated rings. The summed E-state index contributed by atoms with van der Waals surface area (Å²) >= 11 is 5.35. The Labute approximate surface area is 68.2 Å². The van der Waals surface area contributed by atoms with Crippen LogP contribution in [0, 0.1) is 17.1 Å². The van der Waals surface area contributed by atoms with Crippen molar-refractivity contribution in [1.29, 1.82) is 5.26 Å². The second kappa shape index (κ2) is 3.31. The van der Waals surface area contributed by atoms with E-state index in [-0.39, 0.29) is 17.1 Å². The van der Waals surface area contributed by atoms with Crippen LogP contribution >= 0.6 is 11.6 Å². The third-order valence-corrected chi connectivity index (χ3v) is 1.46. The van der Waals surface area contributed by atoms with Crippen molar-refractivity contribution in [3.8, 4) is 6.07 Å². The zero-order valence-corrected chi connectivity index (χ0v) is 6.27. The van der Waals surface area contributed by atoms with Crippen molar-refractivity contribution in [3.63, 3.8) is 0 Å². The monoisotopic (exact) mass is 170 g/mol. The van der Waals surface area contributed by atoms with E-state index in [0.29, 0.717) is 0 Å². The van der Waals surface area contributed by atoms with Gasteiger partial charge >= 0.3 is 0 Å². The van der Waals surface area contributed by atoms with Crippen LogP contribution < -0.4 is 0 Å². The molecule has 0 saturated heterocycles. The SMILES string of the molecule is N#CCc1ccnc(Cl)c1F. The van der Waals surface area contributed by atoms with Crippen LogP contribution in [0.5, 0.6) is 0 Å². The first-order chi connectivity index (χ1) is 5.25. The minimum absolute atomic E-state index is 0.0219. The third kappa shape index (κ3) is 1.66. The van der Waals surface area contributed by atoms with Gasteiger partial charge in [0.15, 0.2) is 11.0 Å². The van der Waals surface area contributed by atoms with E-state index in [4.69, 9.17) is 16.9 Å². The Morgan fingerprint density at radius 1 is 1.73 bits per heavy atom. The van der Waals surface area contributed by atoms with E-state index in [1.54, 1.807) is 0 Å². The molecule has 1 aromatic rings. The molecule has 0 N–H and O–H groups in total. The van der Waals surface area contributed by atoms with Crippen molar-refractivity contribution in [2.24, 2.45) is 0 Å². The fourth-order valence-electron chi connectivity index (χ4n) is 0.677. The van der Waals surface area contributed by atoms with Crippen molar-refractivity contribution >= 4 is 11.6 Å². The van der Waals surface area contributed by atoms with Crippen LogP contribution in [0.4, 0.5) is 4.39 Å². The first kappa shape index (κ1) is 7.96. The highest BCUT2D eigenvalue weighted by atomic mass is 35.5. The lowest BCUT2D eigenvalue weighted by Crippen LogP contribution is -1.90. The summed E-state index contributed by atoms with van der Waals surface area (Å²) in [7, 11) is 0. The number of rotatable bonds is 1.